The molecule has 0 aliphatic rings. The highest BCUT2D eigenvalue weighted by Gasteiger charge is 2.12. The highest BCUT2D eigenvalue weighted by molar-refractivity contribution is 6.35. The predicted molar refractivity (Wildman–Crippen MR) is 111 cm³/mol. The molecule has 0 aromatic heterocycles. The topological polar surface area (TPSA) is 71.3 Å². The summed E-state index contributed by atoms with van der Waals surface area (Å²) in [5.74, 6) is 0.561. The third kappa shape index (κ3) is 5.91. The molecule has 7 heteroatoms. The van der Waals surface area contributed by atoms with E-state index in [9.17, 15) is 10.1 Å². The van der Waals surface area contributed by atoms with Crippen molar-refractivity contribution in [2.45, 2.75) is 26.5 Å². The lowest BCUT2D eigenvalue weighted by Gasteiger charge is -2.12. The molecule has 5 nitrogen and oxygen atoms in total. The molecule has 1 N–H and O–H groups in total. The predicted octanol–water partition coefficient (Wildman–Crippen LogP) is 5.01. The number of benzene rings is 2. The lowest BCUT2D eigenvalue weighted by molar-refractivity contribution is -0.117. The molecule has 28 heavy (non-hydrogen) atoms. The van der Waals surface area contributed by atoms with Gasteiger partial charge in [0.2, 0.25) is 0 Å². The van der Waals surface area contributed by atoms with Crippen LogP contribution in [0.25, 0.3) is 6.08 Å². The van der Waals surface area contributed by atoms with Gasteiger partial charge in [0.25, 0.3) is 5.91 Å². The van der Waals surface area contributed by atoms with E-state index in [1.807, 2.05) is 19.9 Å². The molecule has 0 atom stereocenters. The summed E-state index contributed by atoms with van der Waals surface area (Å²) in [6.45, 7) is 3.89. The van der Waals surface area contributed by atoms with Crippen LogP contribution in [0.5, 0.6) is 11.5 Å². The molecule has 1 amide bonds. The minimum Gasteiger partial charge on any atom is -0.493 e. The number of nitrogens with one attached hydrogen (secondary N) is 1. The third-order valence-corrected chi connectivity index (χ3v) is 4.27. The van der Waals surface area contributed by atoms with Crippen molar-refractivity contribution in [1.29, 1.82) is 5.26 Å². The lowest BCUT2D eigenvalue weighted by Crippen LogP contribution is -2.30. The van der Waals surface area contributed by atoms with E-state index >= 15 is 0 Å². The second kappa shape index (κ2) is 10.0. The van der Waals surface area contributed by atoms with Crippen LogP contribution in [0.3, 0.4) is 0 Å². The first-order chi connectivity index (χ1) is 13.3. The van der Waals surface area contributed by atoms with Gasteiger partial charge < -0.3 is 14.8 Å². The van der Waals surface area contributed by atoms with Crippen molar-refractivity contribution in [3.63, 3.8) is 0 Å². The fraction of sp³-hybridized carbons (Fsp3) is 0.238. The van der Waals surface area contributed by atoms with Crippen molar-refractivity contribution in [3.05, 3.63) is 63.1 Å². The van der Waals surface area contributed by atoms with Crippen LogP contribution in [0.4, 0.5) is 0 Å². The molecule has 146 valence electrons. The van der Waals surface area contributed by atoms with E-state index in [-0.39, 0.29) is 18.2 Å². The highest BCUT2D eigenvalue weighted by atomic mass is 35.5. The van der Waals surface area contributed by atoms with Gasteiger partial charge in [0.05, 0.1) is 7.11 Å². The van der Waals surface area contributed by atoms with E-state index in [1.165, 1.54) is 13.2 Å². The molecule has 0 radical (unpaired) electrons. The van der Waals surface area contributed by atoms with Gasteiger partial charge >= 0.3 is 0 Å². The first-order valence-electron chi connectivity index (χ1n) is 8.51. The molecular formula is C21H20Cl2N2O3. The van der Waals surface area contributed by atoms with E-state index in [2.05, 4.69) is 5.32 Å². The van der Waals surface area contributed by atoms with Gasteiger partial charge in [-0.25, -0.2) is 0 Å². The van der Waals surface area contributed by atoms with Crippen LogP contribution in [0.1, 0.15) is 25.0 Å². The van der Waals surface area contributed by atoms with Gasteiger partial charge in [-0.1, -0.05) is 35.3 Å². The Morgan fingerprint density at radius 2 is 1.96 bits per heavy atom. The van der Waals surface area contributed by atoms with E-state index < -0.39 is 5.91 Å². The Labute approximate surface area is 174 Å². The van der Waals surface area contributed by atoms with Crippen molar-refractivity contribution >= 4 is 35.2 Å². The van der Waals surface area contributed by atoms with Gasteiger partial charge in [0, 0.05) is 21.7 Å². The standard InChI is InChI=1S/C21H20Cl2N2O3/c1-13(2)25-21(26)16(11-24)8-14-4-7-19(20(9-14)27-3)28-12-15-5-6-17(22)10-18(15)23/h4-10,13H,12H2,1-3H3,(H,25,26)/b16-8+. The quantitative estimate of drug-likeness (QED) is 0.506. The molecule has 0 aliphatic carbocycles. The summed E-state index contributed by atoms with van der Waals surface area (Å²) in [6.07, 6.45) is 1.50. The van der Waals surface area contributed by atoms with Crippen LogP contribution in [0.2, 0.25) is 10.0 Å². The first kappa shape index (κ1) is 21.6. The number of ether oxygens (including phenoxy) is 2. The van der Waals surface area contributed by atoms with Crippen molar-refractivity contribution in [2.24, 2.45) is 0 Å². The van der Waals surface area contributed by atoms with Gasteiger partial charge in [-0.2, -0.15) is 5.26 Å². The maximum absolute atomic E-state index is 12.0. The number of carbonyl (C=O) groups excluding carboxylic acids is 1. The fourth-order valence-corrected chi connectivity index (χ4v) is 2.81. The van der Waals surface area contributed by atoms with Crippen LogP contribution in [0, 0.1) is 11.3 Å². The Hall–Kier alpha value is -2.68. The molecule has 0 saturated heterocycles. The molecule has 0 fully saturated rings. The molecule has 2 aromatic rings. The van der Waals surface area contributed by atoms with Crippen LogP contribution < -0.4 is 14.8 Å². The van der Waals surface area contributed by atoms with E-state index in [1.54, 1.807) is 36.4 Å². The van der Waals surface area contributed by atoms with Crippen molar-refractivity contribution < 1.29 is 14.3 Å². The summed E-state index contributed by atoms with van der Waals surface area (Å²) < 4.78 is 11.2. The molecule has 0 aliphatic heterocycles. The monoisotopic (exact) mass is 418 g/mol. The molecule has 0 saturated carbocycles. The zero-order valence-electron chi connectivity index (χ0n) is 15.8. The van der Waals surface area contributed by atoms with Crippen LogP contribution in [0.15, 0.2) is 42.0 Å². The molecular weight excluding hydrogens is 399 g/mol. The Balaban J connectivity index is 2.20. The zero-order chi connectivity index (χ0) is 20.7. The minimum atomic E-state index is -0.422. The highest BCUT2D eigenvalue weighted by Crippen LogP contribution is 2.31. The van der Waals surface area contributed by atoms with Gasteiger partial charge in [0.15, 0.2) is 11.5 Å². The summed E-state index contributed by atoms with van der Waals surface area (Å²) in [7, 11) is 1.52. The zero-order valence-corrected chi connectivity index (χ0v) is 17.3. The van der Waals surface area contributed by atoms with Gasteiger partial charge in [-0.3, -0.25) is 4.79 Å². The van der Waals surface area contributed by atoms with Crippen molar-refractivity contribution in [1.82, 2.24) is 5.32 Å². The molecule has 0 heterocycles. The van der Waals surface area contributed by atoms with Gasteiger partial charge in [-0.05, 0) is 49.8 Å². The van der Waals surface area contributed by atoms with Gasteiger partial charge in [0.1, 0.15) is 18.2 Å². The van der Waals surface area contributed by atoms with Crippen molar-refractivity contribution in [2.75, 3.05) is 7.11 Å². The summed E-state index contributed by atoms with van der Waals surface area (Å²) in [4.78, 5) is 12.0. The Kier molecular flexibility index (Phi) is 7.74. The smallest absolute Gasteiger partial charge is 0.262 e. The Morgan fingerprint density at radius 1 is 1.21 bits per heavy atom. The van der Waals surface area contributed by atoms with Crippen LogP contribution >= 0.6 is 23.2 Å². The maximum atomic E-state index is 12.0. The number of rotatable bonds is 7. The number of halogens is 2. The number of carbonyl (C=O) groups is 1. The number of hydrogen-bond acceptors (Lipinski definition) is 4. The molecule has 2 rings (SSSR count). The minimum absolute atomic E-state index is 0.0115. The molecule has 0 bridgehead atoms. The van der Waals surface area contributed by atoms with Crippen LogP contribution in [-0.2, 0) is 11.4 Å². The SMILES string of the molecule is COc1cc(/C=C(\C#N)C(=O)NC(C)C)ccc1OCc1ccc(Cl)cc1Cl. The number of methoxy groups -OCH3 is 1. The largest absolute Gasteiger partial charge is 0.493 e. The van der Waals surface area contributed by atoms with Crippen molar-refractivity contribution in [3.8, 4) is 17.6 Å². The lowest BCUT2D eigenvalue weighted by atomic mass is 10.1. The Morgan fingerprint density at radius 3 is 2.57 bits per heavy atom. The second-order valence-electron chi connectivity index (χ2n) is 6.23. The molecule has 0 unspecified atom stereocenters. The number of nitrogens with zero attached hydrogens (tertiary/aromatic N) is 1. The number of nitriles is 1. The average Bonchev–Trinajstić information content (AvgIpc) is 2.65. The summed E-state index contributed by atoms with van der Waals surface area (Å²) in [6, 6.07) is 12.2. The van der Waals surface area contributed by atoms with E-state index in [0.717, 1.165) is 5.56 Å². The summed E-state index contributed by atoms with van der Waals surface area (Å²) in [5.41, 5.74) is 1.44. The summed E-state index contributed by atoms with van der Waals surface area (Å²) >= 11 is 12.1. The maximum Gasteiger partial charge on any atom is 0.262 e. The second-order valence-corrected chi connectivity index (χ2v) is 7.08. The van der Waals surface area contributed by atoms with E-state index in [4.69, 9.17) is 32.7 Å². The van der Waals surface area contributed by atoms with Gasteiger partial charge in [-0.15, -0.1) is 0 Å². The fourth-order valence-electron chi connectivity index (χ4n) is 2.34. The first-order valence-corrected chi connectivity index (χ1v) is 9.27. The summed E-state index contributed by atoms with van der Waals surface area (Å²) in [5, 5.41) is 13.0. The third-order valence-electron chi connectivity index (χ3n) is 3.68. The Bertz CT molecular complexity index is 934. The number of hydrogen-bond donors (Lipinski definition) is 1. The van der Waals surface area contributed by atoms with Crippen LogP contribution in [-0.4, -0.2) is 19.1 Å². The number of amides is 1. The molecule has 2 aromatic carbocycles. The average molecular weight is 419 g/mol. The molecule has 0 spiro atoms. The normalized spacial score (nSPS) is 11.1. The van der Waals surface area contributed by atoms with E-state index in [0.29, 0.717) is 27.1 Å².